The molecule has 4 nitrogen and oxygen atoms in total. The van der Waals surface area contributed by atoms with Crippen molar-refractivity contribution >= 4 is 17.5 Å². The number of hydrogen-bond acceptors (Lipinski definition) is 3. The van der Waals surface area contributed by atoms with Crippen molar-refractivity contribution in [2.45, 2.75) is 50.4 Å². The van der Waals surface area contributed by atoms with Gasteiger partial charge in [-0.15, -0.1) is 0 Å². The lowest BCUT2D eigenvalue weighted by Crippen LogP contribution is -2.71. The average Bonchev–Trinajstić information content (AvgIpc) is 2.89. The highest BCUT2D eigenvalue weighted by Crippen LogP contribution is 2.62. The lowest BCUT2D eigenvalue weighted by molar-refractivity contribution is -0.179. The van der Waals surface area contributed by atoms with E-state index in [1.165, 1.54) is 6.42 Å². The van der Waals surface area contributed by atoms with Gasteiger partial charge in [0.2, 0.25) is 5.91 Å². The number of carbonyl (C=O) groups excluding carboxylic acids is 1. The monoisotopic (exact) mass is 335 g/mol. The van der Waals surface area contributed by atoms with Crippen molar-refractivity contribution in [3.05, 3.63) is 34.9 Å². The van der Waals surface area contributed by atoms with E-state index in [1.54, 1.807) is 24.3 Å². The third-order valence-corrected chi connectivity index (χ3v) is 6.24. The van der Waals surface area contributed by atoms with Gasteiger partial charge in [0.1, 0.15) is 0 Å². The van der Waals surface area contributed by atoms with E-state index in [4.69, 9.17) is 16.3 Å². The SMILES string of the molecule is O=C(CC(O)c1ccc(Cl)cc1)NC1C2CCOC2C12CCC2. The van der Waals surface area contributed by atoms with E-state index in [2.05, 4.69) is 5.32 Å². The summed E-state index contributed by atoms with van der Waals surface area (Å²) in [7, 11) is 0. The Balaban J connectivity index is 1.37. The zero-order chi connectivity index (χ0) is 16.0. The zero-order valence-electron chi connectivity index (χ0n) is 13.0. The molecule has 3 fully saturated rings. The smallest absolute Gasteiger partial charge is 0.223 e. The molecule has 1 aromatic carbocycles. The number of aliphatic hydroxyl groups is 1. The van der Waals surface area contributed by atoms with Gasteiger partial charge in [0, 0.05) is 29.0 Å². The van der Waals surface area contributed by atoms with E-state index in [0.717, 1.165) is 31.4 Å². The lowest BCUT2D eigenvalue weighted by Gasteiger charge is -2.63. The Hall–Kier alpha value is -1.10. The number of amides is 1. The van der Waals surface area contributed by atoms with Crippen molar-refractivity contribution in [2.24, 2.45) is 11.3 Å². The van der Waals surface area contributed by atoms with Crippen LogP contribution in [0, 0.1) is 11.3 Å². The summed E-state index contributed by atoms with van der Waals surface area (Å²) in [5, 5.41) is 14.1. The molecule has 1 amide bonds. The first-order valence-corrected chi connectivity index (χ1v) is 8.82. The summed E-state index contributed by atoms with van der Waals surface area (Å²) >= 11 is 5.85. The minimum atomic E-state index is -0.791. The average molecular weight is 336 g/mol. The van der Waals surface area contributed by atoms with E-state index in [1.807, 2.05) is 0 Å². The number of rotatable bonds is 4. The maximum absolute atomic E-state index is 12.4. The highest BCUT2D eigenvalue weighted by Gasteiger charge is 2.66. The first-order chi connectivity index (χ1) is 11.1. The fraction of sp³-hybridized carbons (Fsp3) is 0.611. The van der Waals surface area contributed by atoms with Gasteiger partial charge in [-0.2, -0.15) is 0 Å². The number of nitrogens with one attached hydrogen (secondary N) is 1. The Morgan fingerprint density at radius 1 is 1.39 bits per heavy atom. The predicted octanol–water partition coefficient (Wildman–Crippen LogP) is 2.84. The van der Waals surface area contributed by atoms with Crippen LogP contribution in [0.4, 0.5) is 0 Å². The molecule has 0 bridgehead atoms. The van der Waals surface area contributed by atoms with Crippen LogP contribution in [0.1, 0.15) is 43.8 Å². The van der Waals surface area contributed by atoms with Crippen molar-refractivity contribution in [1.29, 1.82) is 0 Å². The van der Waals surface area contributed by atoms with Crippen molar-refractivity contribution in [3.8, 4) is 0 Å². The van der Waals surface area contributed by atoms with Gasteiger partial charge in [0.05, 0.1) is 18.6 Å². The molecule has 1 saturated heterocycles. The first kappa shape index (κ1) is 15.4. The molecule has 3 aliphatic rings. The molecule has 1 aromatic rings. The second-order valence-corrected chi connectivity index (χ2v) is 7.58. The molecule has 2 aliphatic carbocycles. The maximum Gasteiger partial charge on any atom is 0.223 e. The second-order valence-electron chi connectivity index (χ2n) is 7.15. The quantitative estimate of drug-likeness (QED) is 0.889. The van der Waals surface area contributed by atoms with Gasteiger partial charge in [0.15, 0.2) is 0 Å². The molecule has 1 aliphatic heterocycles. The number of ether oxygens (including phenoxy) is 1. The molecule has 124 valence electrons. The first-order valence-electron chi connectivity index (χ1n) is 8.45. The van der Waals surface area contributed by atoms with Crippen molar-refractivity contribution < 1.29 is 14.6 Å². The highest BCUT2D eigenvalue weighted by molar-refractivity contribution is 6.30. The van der Waals surface area contributed by atoms with E-state index in [-0.39, 0.29) is 23.8 Å². The van der Waals surface area contributed by atoms with Crippen LogP contribution in [-0.4, -0.2) is 29.8 Å². The molecule has 4 rings (SSSR count). The molecule has 0 aromatic heterocycles. The fourth-order valence-corrected chi connectivity index (χ4v) is 4.79. The van der Waals surface area contributed by atoms with E-state index in [9.17, 15) is 9.90 Å². The van der Waals surface area contributed by atoms with E-state index in [0.29, 0.717) is 17.0 Å². The van der Waals surface area contributed by atoms with E-state index < -0.39 is 6.10 Å². The van der Waals surface area contributed by atoms with Gasteiger partial charge >= 0.3 is 0 Å². The van der Waals surface area contributed by atoms with Crippen LogP contribution in [0.15, 0.2) is 24.3 Å². The van der Waals surface area contributed by atoms with Crippen LogP contribution >= 0.6 is 11.6 Å². The number of fused-ring (bicyclic) bond motifs is 2. The number of halogens is 1. The Morgan fingerprint density at radius 3 is 2.78 bits per heavy atom. The van der Waals surface area contributed by atoms with Gasteiger partial charge in [-0.1, -0.05) is 30.2 Å². The largest absolute Gasteiger partial charge is 0.388 e. The summed E-state index contributed by atoms with van der Waals surface area (Å²) in [5.74, 6) is 0.390. The minimum absolute atomic E-state index is 0.0749. The third-order valence-electron chi connectivity index (χ3n) is 5.99. The summed E-state index contributed by atoms with van der Waals surface area (Å²) in [5.41, 5.74) is 0.904. The number of carbonyl (C=O) groups is 1. The van der Waals surface area contributed by atoms with Crippen molar-refractivity contribution in [2.75, 3.05) is 6.61 Å². The molecule has 1 heterocycles. The number of aliphatic hydroxyl groups excluding tert-OH is 1. The Bertz CT molecular complexity index is 599. The molecular weight excluding hydrogens is 314 g/mol. The summed E-state index contributed by atoms with van der Waals surface area (Å²) in [6.07, 6.45) is 4.22. The Labute approximate surface area is 141 Å². The number of benzene rings is 1. The van der Waals surface area contributed by atoms with Gasteiger partial charge in [0.25, 0.3) is 0 Å². The van der Waals surface area contributed by atoms with Gasteiger partial charge < -0.3 is 15.2 Å². The second kappa shape index (κ2) is 5.76. The third kappa shape index (κ3) is 2.48. The summed E-state index contributed by atoms with van der Waals surface area (Å²) in [4.78, 5) is 12.4. The predicted molar refractivity (Wildman–Crippen MR) is 87.1 cm³/mol. The van der Waals surface area contributed by atoms with Crippen LogP contribution in [0.3, 0.4) is 0 Å². The molecular formula is C18H22ClNO3. The minimum Gasteiger partial charge on any atom is -0.388 e. The normalized spacial score (nSPS) is 31.8. The zero-order valence-corrected chi connectivity index (χ0v) is 13.8. The van der Waals surface area contributed by atoms with Crippen LogP contribution in [0.25, 0.3) is 0 Å². The highest BCUT2D eigenvalue weighted by atomic mass is 35.5. The van der Waals surface area contributed by atoms with Crippen molar-refractivity contribution in [1.82, 2.24) is 5.32 Å². The maximum atomic E-state index is 12.4. The summed E-state index contributed by atoms with van der Waals surface area (Å²) < 4.78 is 5.87. The molecule has 1 spiro atoms. The van der Waals surface area contributed by atoms with Gasteiger partial charge in [-0.05, 0) is 37.0 Å². The Kier molecular flexibility index (Phi) is 3.87. The number of hydrogen-bond donors (Lipinski definition) is 2. The van der Waals surface area contributed by atoms with Gasteiger partial charge in [-0.25, -0.2) is 0 Å². The topological polar surface area (TPSA) is 58.6 Å². The summed E-state index contributed by atoms with van der Waals surface area (Å²) in [6.45, 7) is 0.816. The van der Waals surface area contributed by atoms with Crippen LogP contribution < -0.4 is 5.32 Å². The Morgan fingerprint density at radius 2 is 2.13 bits per heavy atom. The van der Waals surface area contributed by atoms with Crippen LogP contribution in [-0.2, 0) is 9.53 Å². The molecule has 2 saturated carbocycles. The lowest BCUT2D eigenvalue weighted by atomic mass is 9.46. The molecule has 2 N–H and O–H groups in total. The molecule has 4 unspecified atom stereocenters. The fourth-order valence-electron chi connectivity index (χ4n) is 4.67. The molecule has 5 heteroatoms. The molecule has 4 atom stereocenters. The van der Waals surface area contributed by atoms with Crippen LogP contribution in [0.2, 0.25) is 5.02 Å². The molecule has 23 heavy (non-hydrogen) atoms. The van der Waals surface area contributed by atoms with Gasteiger partial charge in [-0.3, -0.25) is 4.79 Å². The molecule has 0 radical (unpaired) electrons. The standard InChI is InChI=1S/C18H22ClNO3/c19-12-4-2-11(3-5-12)14(21)10-15(22)20-16-13-6-9-23-17(13)18(16)7-1-8-18/h2-5,13-14,16-17,21H,1,6-10H2,(H,20,22). The summed E-state index contributed by atoms with van der Waals surface area (Å²) in [6, 6.07) is 7.21. The van der Waals surface area contributed by atoms with Crippen LogP contribution in [0.5, 0.6) is 0 Å². The van der Waals surface area contributed by atoms with E-state index >= 15 is 0 Å². The van der Waals surface area contributed by atoms with Crippen molar-refractivity contribution in [3.63, 3.8) is 0 Å².